The molecule has 0 aromatic heterocycles. The summed E-state index contributed by atoms with van der Waals surface area (Å²) >= 11 is 0. The molecule has 43 heavy (non-hydrogen) atoms. The van der Waals surface area contributed by atoms with Crippen molar-refractivity contribution < 1.29 is 34.8 Å². The first-order valence-electron chi connectivity index (χ1n) is 17.3. The van der Waals surface area contributed by atoms with Gasteiger partial charge in [-0.25, -0.2) is 0 Å². The molecule has 0 aromatic rings. The van der Waals surface area contributed by atoms with Crippen LogP contribution in [-0.2, 0) is 14.3 Å². The fraction of sp³-hybridized carbons (Fsp3) is 0.833. The summed E-state index contributed by atoms with van der Waals surface area (Å²) < 4.78 is 5.60. The van der Waals surface area contributed by atoms with Crippen LogP contribution in [0.15, 0.2) is 23.3 Å². The predicted molar refractivity (Wildman–Crippen MR) is 167 cm³/mol. The third kappa shape index (κ3) is 6.30. The van der Waals surface area contributed by atoms with Crippen molar-refractivity contribution >= 4 is 11.8 Å². The maximum absolute atomic E-state index is 14.3. The highest BCUT2D eigenvalue weighted by molar-refractivity contribution is 5.95. The maximum atomic E-state index is 14.3. The zero-order valence-corrected chi connectivity index (χ0v) is 27.2. The Hall–Kier alpha value is -1.54. The molecule has 2 bridgehead atoms. The Morgan fingerprint density at radius 3 is 2.07 bits per heavy atom. The zero-order valence-electron chi connectivity index (χ0n) is 27.2. The van der Waals surface area contributed by atoms with Crippen LogP contribution in [0.5, 0.6) is 0 Å². The highest BCUT2D eigenvalue weighted by atomic mass is 16.5. The van der Waals surface area contributed by atoms with Crippen LogP contribution in [0.2, 0.25) is 0 Å². The van der Waals surface area contributed by atoms with Crippen molar-refractivity contribution in [3.8, 4) is 0 Å². The average Bonchev–Trinajstić information content (AvgIpc) is 3.54. The third-order valence-electron chi connectivity index (χ3n) is 11.8. The lowest BCUT2D eigenvalue weighted by molar-refractivity contribution is -0.190. The summed E-state index contributed by atoms with van der Waals surface area (Å²) in [7, 11) is 0. The first-order valence-corrected chi connectivity index (χ1v) is 17.3. The Kier molecular flexibility index (Phi) is 11.4. The second-order valence-corrected chi connectivity index (χ2v) is 14.6. The van der Waals surface area contributed by atoms with Gasteiger partial charge in [-0.15, -0.1) is 0 Å². The summed E-state index contributed by atoms with van der Waals surface area (Å²) in [4.78, 5) is 27.0. The van der Waals surface area contributed by atoms with E-state index in [1.165, 1.54) is 64.2 Å². The van der Waals surface area contributed by atoms with E-state index in [4.69, 9.17) is 4.74 Å². The lowest BCUT2D eigenvalue weighted by Gasteiger charge is -2.48. The smallest absolute Gasteiger partial charge is 0.306 e. The van der Waals surface area contributed by atoms with E-state index in [-0.39, 0.29) is 54.7 Å². The van der Waals surface area contributed by atoms with Crippen LogP contribution in [0, 0.1) is 34.5 Å². The molecule has 1 spiro atoms. The van der Waals surface area contributed by atoms with Gasteiger partial charge >= 0.3 is 5.97 Å². The summed E-state index contributed by atoms with van der Waals surface area (Å²) in [6, 6.07) is 0. The Labute approximate surface area is 259 Å². The molecule has 4 aliphatic rings. The van der Waals surface area contributed by atoms with Crippen molar-refractivity contribution in [2.24, 2.45) is 34.5 Å². The second kappa shape index (κ2) is 14.3. The van der Waals surface area contributed by atoms with E-state index in [2.05, 4.69) is 6.92 Å². The molecule has 0 radical (unpaired) electrons. The molecule has 0 amide bonds. The molecule has 2 saturated carbocycles. The lowest BCUT2D eigenvalue weighted by Crippen LogP contribution is -2.65. The normalized spacial score (nSPS) is 38.0. The van der Waals surface area contributed by atoms with E-state index in [9.17, 15) is 30.0 Å². The highest BCUT2D eigenvalue weighted by Gasteiger charge is 2.76. The molecule has 0 aromatic carbocycles. The van der Waals surface area contributed by atoms with Crippen molar-refractivity contribution in [3.05, 3.63) is 23.3 Å². The maximum Gasteiger partial charge on any atom is 0.306 e. The Morgan fingerprint density at radius 1 is 0.953 bits per heavy atom. The number of ether oxygens (including phenoxy) is 1. The van der Waals surface area contributed by atoms with Gasteiger partial charge in [-0.2, -0.15) is 0 Å². The molecule has 1 unspecified atom stereocenters. The molecular weight excluding hydrogens is 544 g/mol. The molecule has 4 rings (SSSR count). The predicted octanol–water partition coefficient (Wildman–Crippen LogP) is 5.82. The fourth-order valence-electron chi connectivity index (χ4n) is 8.99. The minimum atomic E-state index is -2.15. The number of carbonyl (C=O) groups excluding carboxylic acids is 2. The number of hydrogen-bond acceptors (Lipinski definition) is 7. The molecule has 2 fully saturated rings. The largest absolute Gasteiger partial charge is 0.461 e. The second-order valence-electron chi connectivity index (χ2n) is 14.6. The van der Waals surface area contributed by atoms with Gasteiger partial charge in [0.15, 0.2) is 5.78 Å². The van der Waals surface area contributed by atoms with Crippen LogP contribution in [0.1, 0.15) is 124 Å². The number of aliphatic hydroxyl groups is 4. The minimum Gasteiger partial charge on any atom is -0.461 e. The number of hydrogen-bond donors (Lipinski definition) is 4. The first-order chi connectivity index (χ1) is 20.5. The average molecular weight is 603 g/mol. The lowest BCUT2D eigenvalue weighted by atomic mass is 9.59. The summed E-state index contributed by atoms with van der Waals surface area (Å²) in [5, 5.41) is 45.1. The van der Waals surface area contributed by atoms with Crippen molar-refractivity contribution in [2.75, 3.05) is 13.2 Å². The van der Waals surface area contributed by atoms with Crippen LogP contribution in [0.3, 0.4) is 0 Å². The van der Waals surface area contributed by atoms with Crippen molar-refractivity contribution in [1.29, 1.82) is 0 Å². The molecule has 244 valence electrons. The number of carbonyl (C=O) groups is 2. The number of aliphatic hydroxyl groups excluding tert-OH is 3. The minimum absolute atomic E-state index is 0.0482. The SMILES string of the molecule is CCCCCCCCCCCCCCCC(=O)OCC1=C[C@@H]2C(=O)[C@]3(C=C(C)[C@H](O)[C@@]3(O)[C@@H]1O)[C@H](C)C[C@@H]1[C@H]2C1(C)CO. The number of Topliss-reactive ketones (excluding diaryl/α,β-unsaturated/α-hetero) is 1. The standard InChI is InChI=1S/C36H58O7/c1-5-6-7-8-9-10-11-12-13-14-15-16-17-18-29(38)43-22-26-20-27-30-28(34(30,4)23-37)19-25(3)35(33(27)41)21-24(2)31(39)36(35,42)32(26)40/h20-21,25,27-28,30-32,37,39-40,42H,5-19,22-23H2,1-4H3/t25-,27+,28-,30+,31+,32-,34?,35+,36-/m1/s1. The van der Waals surface area contributed by atoms with Crippen molar-refractivity contribution in [1.82, 2.24) is 0 Å². The summed E-state index contributed by atoms with van der Waals surface area (Å²) in [5.74, 6) is -1.65. The molecule has 4 aliphatic carbocycles. The van der Waals surface area contributed by atoms with Gasteiger partial charge in [-0.3, -0.25) is 9.59 Å². The van der Waals surface area contributed by atoms with Crippen molar-refractivity contribution in [3.63, 3.8) is 0 Å². The Morgan fingerprint density at radius 2 is 1.51 bits per heavy atom. The molecule has 0 heterocycles. The summed E-state index contributed by atoms with van der Waals surface area (Å²) in [6.45, 7) is 7.52. The number of rotatable bonds is 17. The Bertz CT molecular complexity index is 1050. The van der Waals surface area contributed by atoms with Gasteiger partial charge in [-0.1, -0.05) is 110 Å². The number of ketones is 1. The van der Waals surface area contributed by atoms with Crippen LogP contribution in [-0.4, -0.2) is 63.2 Å². The van der Waals surface area contributed by atoms with Crippen LogP contribution < -0.4 is 0 Å². The number of allylic oxidation sites excluding steroid dienone is 1. The van der Waals surface area contributed by atoms with E-state index in [0.717, 1.165) is 19.3 Å². The number of fused-ring (bicyclic) bond motifs is 3. The first kappa shape index (κ1) is 34.3. The van der Waals surface area contributed by atoms with E-state index < -0.39 is 34.6 Å². The Balaban J connectivity index is 1.29. The third-order valence-corrected chi connectivity index (χ3v) is 11.8. The van der Waals surface area contributed by atoms with E-state index in [1.54, 1.807) is 19.1 Å². The van der Waals surface area contributed by atoms with Crippen LogP contribution >= 0.6 is 0 Å². The molecule has 9 atom stereocenters. The van der Waals surface area contributed by atoms with Gasteiger partial charge in [0.1, 0.15) is 24.4 Å². The van der Waals surface area contributed by atoms with Crippen LogP contribution in [0.4, 0.5) is 0 Å². The quantitative estimate of drug-likeness (QED) is 0.0940. The topological polar surface area (TPSA) is 124 Å². The van der Waals surface area contributed by atoms with Gasteiger partial charge in [0.25, 0.3) is 0 Å². The van der Waals surface area contributed by atoms with E-state index >= 15 is 0 Å². The summed E-state index contributed by atoms with van der Waals surface area (Å²) in [6.07, 6.45) is 17.1. The van der Waals surface area contributed by atoms with Crippen molar-refractivity contribution in [2.45, 2.75) is 142 Å². The molecule has 4 N–H and O–H groups in total. The zero-order chi connectivity index (χ0) is 31.4. The van der Waals surface area contributed by atoms with Gasteiger partial charge in [0, 0.05) is 18.9 Å². The number of unbranched alkanes of at least 4 members (excludes halogenated alkanes) is 12. The molecule has 0 saturated heterocycles. The van der Waals surface area contributed by atoms with E-state index in [1.807, 2.05) is 13.8 Å². The van der Waals surface area contributed by atoms with Gasteiger partial charge in [0.05, 0.1) is 5.41 Å². The molecule has 7 nitrogen and oxygen atoms in total. The van der Waals surface area contributed by atoms with Crippen LogP contribution in [0.25, 0.3) is 0 Å². The molecular formula is C36H58O7. The fourth-order valence-corrected chi connectivity index (χ4v) is 8.99. The number of esters is 1. The van der Waals surface area contributed by atoms with Gasteiger partial charge in [-0.05, 0) is 54.1 Å². The highest BCUT2D eigenvalue weighted by Crippen LogP contribution is 2.71. The van der Waals surface area contributed by atoms with Gasteiger partial charge in [0.2, 0.25) is 0 Å². The van der Waals surface area contributed by atoms with Gasteiger partial charge < -0.3 is 25.2 Å². The molecule has 7 heteroatoms. The van der Waals surface area contributed by atoms with E-state index in [0.29, 0.717) is 12.0 Å². The summed E-state index contributed by atoms with van der Waals surface area (Å²) in [5.41, 5.74) is -3.32. The molecule has 0 aliphatic heterocycles. The monoisotopic (exact) mass is 602 g/mol.